The molecule has 0 saturated heterocycles. The first kappa shape index (κ1) is 14.3. The Morgan fingerprint density at radius 2 is 2.16 bits per heavy atom. The van der Waals surface area contributed by atoms with Crippen LogP contribution in [0.4, 0.5) is 4.39 Å². The Kier molecular flexibility index (Phi) is 4.77. The predicted molar refractivity (Wildman–Crippen MR) is 72.9 cm³/mol. The average molecular weight is 267 g/mol. The number of nitrogens with one attached hydrogen (secondary N) is 1. The highest BCUT2D eigenvalue weighted by atomic mass is 19.1. The van der Waals surface area contributed by atoms with E-state index in [1.807, 2.05) is 20.0 Å². The predicted octanol–water partition coefficient (Wildman–Crippen LogP) is 2.91. The van der Waals surface area contributed by atoms with E-state index in [1.165, 1.54) is 7.11 Å². The van der Waals surface area contributed by atoms with Crippen LogP contribution in [-0.4, -0.2) is 26.9 Å². The summed E-state index contributed by atoms with van der Waals surface area (Å²) in [7, 11) is 3.33. The van der Waals surface area contributed by atoms with Crippen molar-refractivity contribution in [1.29, 1.82) is 0 Å². The first-order chi connectivity index (χ1) is 9.22. The number of methoxy groups -OCH3 is 1. The fraction of sp³-hybridized carbons (Fsp3) is 0.600. The molecule has 0 amide bonds. The molecule has 19 heavy (non-hydrogen) atoms. The zero-order chi connectivity index (χ0) is 13.8. The molecule has 106 valence electrons. The molecule has 3 nitrogen and oxygen atoms in total. The van der Waals surface area contributed by atoms with Crippen molar-refractivity contribution in [2.24, 2.45) is 5.92 Å². The lowest BCUT2D eigenvalue weighted by molar-refractivity contribution is 0.0195. The molecule has 1 aliphatic carbocycles. The Hall–Kier alpha value is -1.13. The van der Waals surface area contributed by atoms with Crippen molar-refractivity contribution in [3.05, 3.63) is 29.6 Å². The van der Waals surface area contributed by atoms with Crippen LogP contribution in [-0.2, 0) is 4.74 Å². The molecule has 0 heterocycles. The highest BCUT2D eigenvalue weighted by molar-refractivity contribution is 5.34. The largest absolute Gasteiger partial charge is 0.494 e. The van der Waals surface area contributed by atoms with Gasteiger partial charge in [0.15, 0.2) is 11.6 Å². The van der Waals surface area contributed by atoms with Gasteiger partial charge in [0, 0.05) is 12.2 Å². The first-order valence-electron chi connectivity index (χ1n) is 6.84. The van der Waals surface area contributed by atoms with Crippen molar-refractivity contribution in [1.82, 2.24) is 5.32 Å². The minimum Gasteiger partial charge on any atom is -0.494 e. The lowest BCUT2D eigenvalue weighted by atomic mass is 9.97. The van der Waals surface area contributed by atoms with Crippen LogP contribution in [0.15, 0.2) is 18.2 Å². The normalized spacial score (nSPS) is 18.1. The van der Waals surface area contributed by atoms with Gasteiger partial charge in [-0.25, -0.2) is 4.39 Å². The van der Waals surface area contributed by atoms with Gasteiger partial charge in [0.2, 0.25) is 0 Å². The lowest BCUT2D eigenvalue weighted by Crippen LogP contribution is -2.34. The third-order valence-corrected chi connectivity index (χ3v) is 3.63. The van der Waals surface area contributed by atoms with Crippen LogP contribution in [0.1, 0.15) is 31.4 Å². The quantitative estimate of drug-likeness (QED) is 0.824. The second-order valence-corrected chi connectivity index (χ2v) is 4.89. The Labute approximate surface area is 114 Å². The van der Waals surface area contributed by atoms with Crippen molar-refractivity contribution < 1.29 is 13.9 Å². The number of halogens is 1. The van der Waals surface area contributed by atoms with Crippen molar-refractivity contribution in [2.45, 2.75) is 31.9 Å². The fourth-order valence-corrected chi connectivity index (χ4v) is 2.54. The Morgan fingerprint density at radius 1 is 1.42 bits per heavy atom. The maximum absolute atomic E-state index is 14.4. The molecule has 0 aliphatic heterocycles. The fourth-order valence-electron chi connectivity index (χ4n) is 2.54. The topological polar surface area (TPSA) is 30.5 Å². The average Bonchev–Trinajstić information content (AvgIpc) is 3.24. The lowest BCUT2D eigenvalue weighted by Gasteiger charge is -2.27. The van der Waals surface area contributed by atoms with Crippen LogP contribution < -0.4 is 10.1 Å². The summed E-state index contributed by atoms with van der Waals surface area (Å²) in [4.78, 5) is 0. The molecule has 1 aliphatic rings. The van der Waals surface area contributed by atoms with Crippen LogP contribution in [0.25, 0.3) is 0 Å². The van der Waals surface area contributed by atoms with E-state index < -0.39 is 0 Å². The highest BCUT2D eigenvalue weighted by Crippen LogP contribution is 2.41. The molecular formula is C15H22FNO2. The van der Waals surface area contributed by atoms with Gasteiger partial charge in [-0.1, -0.05) is 12.1 Å². The molecule has 1 fully saturated rings. The zero-order valence-electron chi connectivity index (χ0n) is 11.8. The molecule has 0 radical (unpaired) electrons. The Bertz CT molecular complexity index is 421. The maximum Gasteiger partial charge on any atom is 0.169 e. The van der Waals surface area contributed by atoms with Gasteiger partial charge in [-0.15, -0.1) is 0 Å². The van der Waals surface area contributed by atoms with E-state index in [0.717, 1.165) is 12.8 Å². The van der Waals surface area contributed by atoms with E-state index in [9.17, 15) is 4.39 Å². The van der Waals surface area contributed by atoms with Gasteiger partial charge in [-0.05, 0) is 38.8 Å². The molecule has 0 aromatic heterocycles. The molecule has 1 N–H and O–H groups in total. The van der Waals surface area contributed by atoms with E-state index in [-0.39, 0.29) is 23.7 Å². The van der Waals surface area contributed by atoms with E-state index in [1.54, 1.807) is 12.1 Å². The summed E-state index contributed by atoms with van der Waals surface area (Å²) in [5.41, 5.74) is 0.618. The molecule has 4 heteroatoms. The van der Waals surface area contributed by atoms with Crippen LogP contribution in [0.5, 0.6) is 5.75 Å². The van der Waals surface area contributed by atoms with Crippen LogP contribution >= 0.6 is 0 Å². The van der Waals surface area contributed by atoms with Gasteiger partial charge in [-0.3, -0.25) is 0 Å². The highest BCUT2D eigenvalue weighted by Gasteiger charge is 2.38. The van der Waals surface area contributed by atoms with Crippen molar-refractivity contribution in [3.63, 3.8) is 0 Å². The van der Waals surface area contributed by atoms with Gasteiger partial charge in [0.1, 0.15) is 0 Å². The third-order valence-electron chi connectivity index (χ3n) is 3.63. The van der Waals surface area contributed by atoms with Gasteiger partial charge in [-0.2, -0.15) is 0 Å². The second kappa shape index (κ2) is 6.35. The minimum atomic E-state index is -0.297. The molecule has 1 aromatic rings. The van der Waals surface area contributed by atoms with Crippen LogP contribution in [0.3, 0.4) is 0 Å². The molecule has 2 rings (SSSR count). The van der Waals surface area contributed by atoms with Gasteiger partial charge in [0.05, 0.1) is 19.3 Å². The Morgan fingerprint density at radius 3 is 2.68 bits per heavy atom. The molecule has 1 saturated carbocycles. The zero-order valence-corrected chi connectivity index (χ0v) is 11.8. The number of likely N-dealkylation sites (N-methyl/N-ethyl adjacent to an activating group) is 1. The van der Waals surface area contributed by atoms with Crippen LogP contribution in [0, 0.1) is 11.7 Å². The van der Waals surface area contributed by atoms with Crippen molar-refractivity contribution in [3.8, 4) is 5.75 Å². The SMILES string of the molecule is CCOC(C1CC1)C(NC)c1cccc(OC)c1F. The first-order valence-corrected chi connectivity index (χ1v) is 6.84. The third kappa shape index (κ3) is 3.07. The van der Waals surface area contributed by atoms with Crippen LogP contribution in [0.2, 0.25) is 0 Å². The van der Waals surface area contributed by atoms with E-state index >= 15 is 0 Å². The standard InChI is InChI=1S/C15H22FNO2/c1-4-19-15(10-8-9-10)14(17-2)11-6-5-7-12(18-3)13(11)16/h5-7,10,14-15,17H,4,8-9H2,1-3H3. The molecule has 0 spiro atoms. The second-order valence-electron chi connectivity index (χ2n) is 4.89. The van der Waals surface area contributed by atoms with E-state index in [0.29, 0.717) is 18.1 Å². The number of ether oxygens (including phenoxy) is 2. The van der Waals surface area contributed by atoms with Crippen molar-refractivity contribution in [2.75, 3.05) is 20.8 Å². The van der Waals surface area contributed by atoms with Gasteiger partial charge in [0.25, 0.3) is 0 Å². The molecule has 1 aromatic carbocycles. The number of hydrogen-bond donors (Lipinski definition) is 1. The maximum atomic E-state index is 14.4. The number of benzene rings is 1. The van der Waals surface area contributed by atoms with Gasteiger partial charge >= 0.3 is 0 Å². The monoisotopic (exact) mass is 267 g/mol. The van der Waals surface area contributed by atoms with E-state index in [2.05, 4.69) is 5.32 Å². The smallest absolute Gasteiger partial charge is 0.169 e. The summed E-state index contributed by atoms with van der Waals surface area (Å²) >= 11 is 0. The number of hydrogen-bond acceptors (Lipinski definition) is 3. The molecular weight excluding hydrogens is 245 g/mol. The molecule has 2 atom stereocenters. The molecule has 0 bridgehead atoms. The summed E-state index contributed by atoms with van der Waals surface area (Å²) in [6.07, 6.45) is 2.35. The summed E-state index contributed by atoms with van der Waals surface area (Å²) < 4.78 is 25.3. The summed E-state index contributed by atoms with van der Waals surface area (Å²) in [5.74, 6) is 0.515. The van der Waals surface area contributed by atoms with E-state index in [4.69, 9.17) is 9.47 Å². The van der Waals surface area contributed by atoms with Crippen molar-refractivity contribution >= 4 is 0 Å². The Balaban J connectivity index is 2.29. The summed E-state index contributed by atoms with van der Waals surface area (Å²) in [6, 6.07) is 5.12. The minimum absolute atomic E-state index is 0.0246. The van der Waals surface area contributed by atoms with Gasteiger partial charge < -0.3 is 14.8 Å². The summed E-state index contributed by atoms with van der Waals surface area (Å²) in [6.45, 7) is 2.62. The molecule has 2 unspecified atom stereocenters. The summed E-state index contributed by atoms with van der Waals surface area (Å²) in [5, 5.41) is 3.20. The number of rotatable bonds is 7.